The van der Waals surface area contributed by atoms with Gasteiger partial charge in [-0.25, -0.2) is 4.39 Å². The van der Waals surface area contributed by atoms with Crippen LogP contribution in [0.2, 0.25) is 0 Å². The lowest BCUT2D eigenvalue weighted by Crippen LogP contribution is -2.31. The molecular formula is C23H16FN3O2S. The molecule has 0 spiro atoms. The Morgan fingerprint density at radius 1 is 1.00 bits per heavy atom. The fourth-order valence-electron chi connectivity index (χ4n) is 3.42. The molecule has 3 aromatic carbocycles. The number of aliphatic imine (C=N–C) groups is 1. The number of fused-ring (bicyclic) bond motifs is 1. The molecule has 0 amide bonds. The Balaban J connectivity index is 1.52. The van der Waals surface area contributed by atoms with Crippen molar-refractivity contribution >= 4 is 23.2 Å². The van der Waals surface area contributed by atoms with E-state index in [0.717, 1.165) is 33.1 Å². The van der Waals surface area contributed by atoms with Crippen LogP contribution in [0.1, 0.15) is 22.8 Å². The second-order valence-electron chi connectivity index (χ2n) is 6.90. The minimum atomic E-state index is -0.497. The van der Waals surface area contributed by atoms with Gasteiger partial charge in [-0.2, -0.15) is 0 Å². The lowest BCUT2D eigenvalue weighted by molar-refractivity contribution is -0.670. The average molecular weight is 417 g/mol. The highest BCUT2D eigenvalue weighted by Crippen LogP contribution is 2.45. The van der Waals surface area contributed by atoms with E-state index in [1.165, 1.54) is 23.0 Å². The summed E-state index contributed by atoms with van der Waals surface area (Å²) in [6, 6.07) is 22.4. The molecule has 0 saturated carbocycles. The fourth-order valence-corrected chi connectivity index (χ4v) is 4.65. The third-order valence-electron chi connectivity index (χ3n) is 4.92. The third kappa shape index (κ3) is 3.71. The van der Waals surface area contributed by atoms with Gasteiger partial charge in [-0.1, -0.05) is 24.3 Å². The normalized spacial score (nSPS) is 15.9. The highest BCUT2D eigenvalue weighted by atomic mass is 32.2. The van der Waals surface area contributed by atoms with E-state index < -0.39 is 5.95 Å². The van der Waals surface area contributed by atoms with Crippen molar-refractivity contribution in [2.75, 3.05) is 0 Å². The second kappa shape index (κ2) is 7.76. The molecule has 0 saturated heterocycles. The summed E-state index contributed by atoms with van der Waals surface area (Å²) in [7, 11) is 0. The van der Waals surface area contributed by atoms with E-state index in [1.54, 1.807) is 11.8 Å². The average Bonchev–Trinajstić information content (AvgIpc) is 3.11. The summed E-state index contributed by atoms with van der Waals surface area (Å²) < 4.78 is 19.4. The predicted molar refractivity (Wildman–Crippen MR) is 110 cm³/mol. The van der Waals surface area contributed by atoms with Crippen molar-refractivity contribution < 1.29 is 18.7 Å². The minimum absolute atomic E-state index is 0.112. The minimum Gasteiger partial charge on any atom is -0.539 e. The summed E-state index contributed by atoms with van der Waals surface area (Å²) in [5.74, 6) is -0.739. The molecule has 5 rings (SSSR count). The van der Waals surface area contributed by atoms with Crippen LogP contribution in [0, 0.1) is 5.82 Å². The molecule has 0 bridgehead atoms. The molecule has 1 aliphatic heterocycles. The summed E-state index contributed by atoms with van der Waals surface area (Å²) in [4.78, 5) is 6.04. The predicted octanol–water partition coefficient (Wildman–Crippen LogP) is 4.52. The van der Waals surface area contributed by atoms with Gasteiger partial charge in [0, 0.05) is 34.4 Å². The van der Waals surface area contributed by atoms with Gasteiger partial charge in [0.25, 0.3) is 0 Å². The summed E-state index contributed by atoms with van der Waals surface area (Å²) in [5, 5.41) is 15.0. The first kappa shape index (κ1) is 18.6. The number of halogens is 1. The highest BCUT2D eigenvalue weighted by molar-refractivity contribution is 7.99. The van der Waals surface area contributed by atoms with Gasteiger partial charge in [0.15, 0.2) is 0 Å². The molecule has 5 nitrogen and oxygen atoms in total. The molecule has 4 aromatic rings. The number of para-hydroxylation sites is 1. The Morgan fingerprint density at radius 3 is 2.50 bits per heavy atom. The first-order valence-electron chi connectivity index (χ1n) is 9.41. The summed E-state index contributed by atoms with van der Waals surface area (Å²) in [6.07, 6.45) is 1.99. The molecule has 1 unspecified atom stereocenters. The fraction of sp³-hybridized carbons (Fsp3) is 0.0870. The molecule has 2 heterocycles. The zero-order chi connectivity index (χ0) is 20.5. The number of rotatable bonds is 3. The number of aromatic nitrogens is 2. The van der Waals surface area contributed by atoms with Gasteiger partial charge in [0.1, 0.15) is 11.8 Å². The standard InChI is InChI=1S/C23H16FN3O2S/c24-17-9-5-16(6-10-17)22-13-20(25-19-3-1-2-4-21(19)30-22)15-7-11-18(12-8-15)27-14-23(28)29-26-27/h1-12,14,22H,13H2. The van der Waals surface area contributed by atoms with Crippen LogP contribution < -0.4 is 9.79 Å². The molecule has 0 N–H and O–H groups in total. The highest BCUT2D eigenvalue weighted by Gasteiger charge is 2.23. The van der Waals surface area contributed by atoms with Gasteiger partial charge >= 0.3 is 0 Å². The molecule has 1 atom stereocenters. The van der Waals surface area contributed by atoms with E-state index in [0.29, 0.717) is 6.42 Å². The Labute approximate surface area is 176 Å². The molecule has 1 aliphatic rings. The first-order valence-corrected chi connectivity index (χ1v) is 10.3. The molecular weight excluding hydrogens is 401 g/mol. The van der Waals surface area contributed by atoms with Crippen LogP contribution in [-0.2, 0) is 0 Å². The van der Waals surface area contributed by atoms with Crippen LogP contribution in [0.25, 0.3) is 5.69 Å². The number of thioether (sulfide) groups is 1. The summed E-state index contributed by atoms with van der Waals surface area (Å²) in [6.45, 7) is 0. The quantitative estimate of drug-likeness (QED) is 0.460. The van der Waals surface area contributed by atoms with Crippen LogP contribution in [-0.4, -0.2) is 11.0 Å². The lowest BCUT2D eigenvalue weighted by Gasteiger charge is -2.16. The molecule has 0 aliphatic carbocycles. The number of benzene rings is 3. The van der Waals surface area contributed by atoms with E-state index in [4.69, 9.17) is 4.99 Å². The van der Waals surface area contributed by atoms with Gasteiger partial charge < -0.3 is 9.63 Å². The molecule has 7 heteroatoms. The van der Waals surface area contributed by atoms with E-state index in [-0.39, 0.29) is 11.1 Å². The van der Waals surface area contributed by atoms with Crippen LogP contribution in [0.3, 0.4) is 0 Å². The second-order valence-corrected chi connectivity index (χ2v) is 8.15. The van der Waals surface area contributed by atoms with Gasteiger partial charge in [0.05, 0.1) is 11.0 Å². The van der Waals surface area contributed by atoms with Crippen molar-refractivity contribution in [1.82, 2.24) is 5.27 Å². The molecule has 0 radical (unpaired) electrons. The van der Waals surface area contributed by atoms with Gasteiger partial charge in [0.2, 0.25) is 11.9 Å². The maximum absolute atomic E-state index is 13.4. The topological polar surface area (TPSA) is 65.3 Å². The molecule has 0 fully saturated rings. The van der Waals surface area contributed by atoms with Crippen molar-refractivity contribution in [3.63, 3.8) is 0 Å². The maximum Gasteiger partial charge on any atom is 0.239 e. The molecule has 148 valence electrons. The zero-order valence-electron chi connectivity index (χ0n) is 15.7. The largest absolute Gasteiger partial charge is 0.539 e. The summed E-state index contributed by atoms with van der Waals surface area (Å²) in [5.41, 5.74) is 4.64. The van der Waals surface area contributed by atoms with Crippen molar-refractivity contribution in [3.05, 3.63) is 95.9 Å². The Bertz CT molecular complexity index is 1220. The SMILES string of the molecule is [O-]c1c[n+](-c2ccc(C3=Nc4ccccc4SC(c4ccc(F)cc4)C3)cc2)no1. The summed E-state index contributed by atoms with van der Waals surface area (Å²) >= 11 is 1.74. The molecule has 1 aromatic heterocycles. The van der Waals surface area contributed by atoms with Gasteiger partial charge in [-0.15, -0.1) is 11.8 Å². The third-order valence-corrected chi connectivity index (χ3v) is 6.24. The van der Waals surface area contributed by atoms with Crippen LogP contribution in [0.5, 0.6) is 5.95 Å². The van der Waals surface area contributed by atoms with Crippen molar-refractivity contribution in [1.29, 1.82) is 0 Å². The first-order chi connectivity index (χ1) is 14.7. The van der Waals surface area contributed by atoms with Crippen LogP contribution >= 0.6 is 11.8 Å². The van der Waals surface area contributed by atoms with Crippen molar-refractivity contribution in [2.45, 2.75) is 16.6 Å². The van der Waals surface area contributed by atoms with E-state index >= 15 is 0 Å². The van der Waals surface area contributed by atoms with E-state index in [2.05, 4.69) is 15.9 Å². The Hall–Kier alpha value is -3.45. The van der Waals surface area contributed by atoms with Gasteiger partial charge in [-0.3, -0.25) is 4.99 Å². The Morgan fingerprint density at radius 2 is 1.77 bits per heavy atom. The lowest BCUT2D eigenvalue weighted by atomic mass is 10.0. The molecule has 30 heavy (non-hydrogen) atoms. The van der Waals surface area contributed by atoms with Crippen molar-refractivity contribution in [3.8, 4) is 11.6 Å². The number of nitrogens with zero attached hydrogens (tertiary/aromatic N) is 3. The maximum atomic E-state index is 13.4. The van der Waals surface area contributed by atoms with Gasteiger partial charge in [-0.05, 0) is 52.2 Å². The van der Waals surface area contributed by atoms with Crippen LogP contribution in [0.15, 0.2) is 93.4 Å². The smallest absolute Gasteiger partial charge is 0.239 e. The zero-order valence-corrected chi connectivity index (χ0v) is 16.6. The van der Waals surface area contributed by atoms with Crippen LogP contribution in [0.4, 0.5) is 10.1 Å². The monoisotopic (exact) mass is 417 g/mol. The number of hydrogen-bond acceptors (Lipinski definition) is 5. The Kier molecular flexibility index (Phi) is 4.80. The number of hydrogen-bond donors (Lipinski definition) is 0. The van der Waals surface area contributed by atoms with Crippen molar-refractivity contribution in [2.24, 2.45) is 4.99 Å². The van der Waals surface area contributed by atoms with E-state index in [9.17, 15) is 9.50 Å². The van der Waals surface area contributed by atoms with E-state index in [1.807, 2.05) is 54.6 Å².